The van der Waals surface area contributed by atoms with Gasteiger partial charge in [0.15, 0.2) is 0 Å². The molecule has 2 aromatic carbocycles. The summed E-state index contributed by atoms with van der Waals surface area (Å²) in [5, 5.41) is 3.87. The minimum Gasteiger partial charge on any atom is -0.390 e. The highest BCUT2D eigenvalue weighted by atomic mass is 16.6. The minimum absolute atomic E-state index is 0.474. The Morgan fingerprint density at radius 3 is 2.53 bits per heavy atom. The van der Waals surface area contributed by atoms with Crippen molar-refractivity contribution in [2.24, 2.45) is 5.16 Å². The van der Waals surface area contributed by atoms with Gasteiger partial charge < -0.3 is 4.84 Å². The van der Waals surface area contributed by atoms with Gasteiger partial charge >= 0.3 is 0 Å². The van der Waals surface area contributed by atoms with Crippen molar-refractivity contribution in [1.82, 2.24) is 0 Å². The first kappa shape index (κ1) is 13.3. The molecular formula is C17H18NO. The third-order valence-corrected chi connectivity index (χ3v) is 2.92. The number of hydrogen-bond acceptors (Lipinski definition) is 2. The molecular weight excluding hydrogens is 234 g/mol. The van der Waals surface area contributed by atoms with E-state index in [0.29, 0.717) is 6.61 Å². The van der Waals surface area contributed by atoms with Crippen molar-refractivity contribution in [3.63, 3.8) is 0 Å². The highest BCUT2D eigenvalue weighted by molar-refractivity contribution is 5.79. The van der Waals surface area contributed by atoms with Crippen LogP contribution in [-0.2, 0) is 17.9 Å². The Bertz CT molecular complexity index is 543. The standard InChI is InChI=1S/C17H18NO/c1-3-15-7-9-16(10-8-15)12-18-19-13-17-6-4-5-14(2)11-17/h4-11H,3,13H2,1-2H3. The molecule has 0 aliphatic carbocycles. The van der Waals surface area contributed by atoms with Crippen molar-refractivity contribution >= 4 is 6.21 Å². The van der Waals surface area contributed by atoms with E-state index in [2.05, 4.69) is 49.5 Å². The maximum Gasteiger partial charge on any atom is 0.142 e. The van der Waals surface area contributed by atoms with Gasteiger partial charge in [0, 0.05) is 5.56 Å². The van der Waals surface area contributed by atoms with Crippen molar-refractivity contribution in [3.8, 4) is 0 Å². The Kier molecular flexibility index (Phi) is 4.73. The third kappa shape index (κ3) is 4.25. The molecule has 97 valence electrons. The second kappa shape index (κ2) is 6.74. The minimum atomic E-state index is 0.474. The van der Waals surface area contributed by atoms with Gasteiger partial charge in [0.2, 0.25) is 0 Å². The number of rotatable bonds is 5. The van der Waals surface area contributed by atoms with Crippen molar-refractivity contribution in [1.29, 1.82) is 0 Å². The van der Waals surface area contributed by atoms with Crippen molar-refractivity contribution < 1.29 is 4.84 Å². The molecule has 0 aliphatic rings. The van der Waals surface area contributed by atoms with Gasteiger partial charge in [-0.1, -0.05) is 66.2 Å². The van der Waals surface area contributed by atoms with E-state index in [9.17, 15) is 0 Å². The maximum atomic E-state index is 5.25. The lowest BCUT2D eigenvalue weighted by molar-refractivity contribution is 0.132. The molecule has 1 radical (unpaired) electrons. The fraction of sp³-hybridized carbons (Fsp3) is 0.235. The highest BCUT2D eigenvalue weighted by Crippen LogP contribution is 2.06. The molecule has 2 heteroatoms. The highest BCUT2D eigenvalue weighted by Gasteiger charge is 1.93. The molecule has 0 atom stereocenters. The molecule has 0 bridgehead atoms. The zero-order chi connectivity index (χ0) is 13.5. The van der Waals surface area contributed by atoms with Crippen LogP contribution in [0.2, 0.25) is 0 Å². The van der Waals surface area contributed by atoms with Crippen LogP contribution in [0, 0.1) is 6.92 Å². The lowest BCUT2D eigenvalue weighted by Gasteiger charge is -2.00. The van der Waals surface area contributed by atoms with E-state index in [0.717, 1.165) is 17.5 Å². The van der Waals surface area contributed by atoms with Gasteiger partial charge in [-0.05, 0) is 24.5 Å². The summed E-state index contributed by atoms with van der Waals surface area (Å²) in [6.45, 7) is 4.67. The second-order valence-electron chi connectivity index (χ2n) is 4.52. The van der Waals surface area contributed by atoms with Gasteiger partial charge in [0.05, 0.1) is 0 Å². The van der Waals surface area contributed by atoms with E-state index in [1.165, 1.54) is 11.1 Å². The van der Waals surface area contributed by atoms with E-state index in [1.54, 1.807) is 0 Å². The van der Waals surface area contributed by atoms with Gasteiger partial charge in [-0.25, -0.2) is 0 Å². The van der Waals surface area contributed by atoms with Gasteiger partial charge in [0.1, 0.15) is 12.8 Å². The zero-order valence-corrected chi connectivity index (χ0v) is 11.4. The van der Waals surface area contributed by atoms with Crippen LogP contribution in [0.5, 0.6) is 0 Å². The number of benzene rings is 2. The van der Waals surface area contributed by atoms with Crippen LogP contribution in [0.4, 0.5) is 0 Å². The Hall–Kier alpha value is -2.09. The van der Waals surface area contributed by atoms with E-state index < -0.39 is 0 Å². The fourth-order valence-electron chi connectivity index (χ4n) is 1.81. The number of nitrogens with zero attached hydrogens (tertiary/aromatic N) is 1. The van der Waals surface area contributed by atoms with Crippen molar-refractivity contribution in [2.75, 3.05) is 0 Å². The molecule has 2 aromatic rings. The van der Waals surface area contributed by atoms with Crippen molar-refractivity contribution in [3.05, 3.63) is 70.8 Å². The van der Waals surface area contributed by atoms with Gasteiger partial charge in [-0.15, -0.1) is 0 Å². The summed E-state index contributed by atoms with van der Waals surface area (Å²) in [6, 6.07) is 16.4. The zero-order valence-electron chi connectivity index (χ0n) is 11.4. The topological polar surface area (TPSA) is 21.6 Å². The van der Waals surface area contributed by atoms with E-state index in [-0.39, 0.29) is 0 Å². The van der Waals surface area contributed by atoms with Gasteiger partial charge in [-0.2, -0.15) is 0 Å². The lowest BCUT2D eigenvalue weighted by atomic mass is 10.1. The molecule has 0 heterocycles. The molecule has 0 aliphatic heterocycles. The van der Waals surface area contributed by atoms with Crippen LogP contribution >= 0.6 is 0 Å². The fourth-order valence-corrected chi connectivity index (χ4v) is 1.81. The molecule has 0 saturated heterocycles. The molecule has 0 N–H and O–H groups in total. The quantitative estimate of drug-likeness (QED) is 0.582. The Labute approximate surface area is 114 Å². The second-order valence-corrected chi connectivity index (χ2v) is 4.52. The molecule has 2 nitrogen and oxygen atoms in total. The predicted octanol–water partition coefficient (Wildman–Crippen LogP) is 3.99. The predicted molar refractivity (Wildman–Crippen MR) is 78.3 cm³/mol. The van der Waals surface area contributed by atoms with Crippen LogP contribution in [0.15, 0.2) is 53.7 Å². The third-order valence-electron chi connectivity index (χ3n) is 2.92. The number of hydrogen-bond donors (Lipinski definition) is 0. The maximum absolute atomic E-state index is 5.25. The monoisotopic (exact) mass is 252 g/mol. The van der Waals surface area contributed by atoms with E-state index in [1.807, 2.05) is 24.3 Å². The molecule has 0 aromatic heterocycles. The first-order chi connectivity index (χ1) is 9.28. The van der Waals surface area contributed by atoms with Crippen LogP contribution in [-0.4, -0.2) is 6.21 Å². The summed E-state index contributed by atoms with van der Waals surface area (Å²) >= 11 is 0. The SMILES string of the molecule is CCc1ccc(/[C]=N\OCc2cccc(C)c2)cc1. The summed E-state index contributed by atoms with van der Waals surface area (Å²) < 4.78 is 0. The van der Waals surface area contributed by atoms with Crippen LogP contribution in [0.25, 0.3) is 0 Å². The number of aryl methyl sites for hydroxylation is 2. The Morgan fingerprint density at radius 1 is 1.05 bits per heavy atom. The summed E-state index contributed by atoms with van der Waals surface area (Å²) in [7, 11) is 0. The first-order valence-corrected chi connectivity index (χ1v) is 6.50. The summed E-state index contributed by atoms with van der Waals surface area (Å²) in [5.74, 6) is 0. The van der Waals surface area contributed by atoms with E-state index in [4.69, 9.17) is 4.84 Å². The van der Waals surface area contributed by atoms with Crippen LogP contribution in [0.1, 0.15) is 29.2 Å². The van der Waals surface area contributed by atoms with Crippen molar-refractivity contribution in [2.45, 2.75) is 26.9 Å². The normalized spacial score (nSPS) is 10.8. The Balaban J connectivity index is 1.86. The lowest BCUT2D eigenvalue weighted by Crippen LogP contribution is -1.89. The first-order valence-electron chi connectivity index (χ1n) is 6.50. The summed E-state index contributed by atoms with van der Waals surface area (Å²) in [4.78, 5) is 5.25. The average molecular weight is 252 g/mol. The molecule has 0 amide bonds. The molecule has 2 rings (SSSR count). The van der Waals surface area contributed by atoms with Gasteiger partial charge in [0.25, 0.3) is 0 Å². The van der Waals surface area contributed by atoms with E-state index >= 15 is 0 Å². The molecule has 19 heavy (non-hydrogen) atoms. The molecule has 0 fully saturated rings. The molecule has 0 saturated carbocycles. The molecule has 0 unspecified atom stereocenters. The molecule has 0 spiro atoms. The smallest absolute Gasteiger partial charge is 0.142 e. The largest absolute Gasteiger partial charge is 0.390 e. The average Bonchev–Trinajstić information content (AvgIpc) is 2.44. The summed E-state index contributed by atoms with van der Waals surface area (Å²) in [5.41, 5.74) is 4.59. The van der Waals surface area contributed by atoms with Crippen LogP contribution < -0.4 is 0 Å². The summed E-state index contributed by atoms with van der Waals surface area (Å²) in [6.07, 6.45) is 3.93. The Morgan fingerprint density at radius 2 is 1.84 bits per heavy atom. The van der Waals surface area contributed by atoms with Crippen LogP contribution in [0.3, 0.4) is 0 Å². The van der Waals surface area contributed by atoms with Gasteiger partial charge in [-0.3, -0.25) is 0 Å².